The fourth-order valence-electron chi connectivity index (χ4n) is 1.83. The van der Waals surface area contributed by atoms with Gasteiger partial charge in [-0.25, -0.2) is 0 Å². The van der Waals surface area contributed by atoms with Crippen molar-refractivity contribution in [3.63, 3.8) is 0 Å². The monoisotopic (exact) mass is 198 g/mol. The van der Waals surface area contributed by atoms with E-state index in [4.69, 9.17) is 9.47 Å². The molecule has 80 valence electrons. The number of carbonyl (C=O) groups is 1. The molecule has 0 aliphatic heterocycles. The van der Waals surface area contributed by atoms with E-state index in [1.807, 2.05) is 6.92 Å². The van der Waals surface area contributed by atoms with Crippen LogP contribution in [0.3, 0.4) is 0 Å². The molecule has 0 aromatic carbocycles. The Bertz CT molecular complexity index is 221. The molecule has 0 spiro atoms. The van der Waals surface area contributed by atoms with Crippen LogP contribution in [-0.4, -0.2) is 19.7 Å². The van der Waals surface area contributed by atoms with Crippen molar-refractivity contribution in [2.75, 3.05) is 13.7 Å². The van der Waals surface area contributed by atoms with Crippen LogP contribution in [0.25, 0.3) is 0 Å². The minimum absolute atomic E-state index is 0.0464. The van der Waals surface area contributed by atoms with E-state index < -0.39 is 0 Å². The molecule has 3 nitrogen and oxygen atoms in total. The van der Waals surface area contributed by atoms with E-state index in [2.05, 4.69) is 0 Å². The van der Waals surface area contributed by atoms with Crippen LogP contribution in [0.2, 0.25) is 0 Å². The van der Waals surface area contributed by atoms with Crippen molar-refractivity contribution in [2.45, 2.75) is 32.6 Å². The van der Waals surface area contributed by atoms with Crippen LogP contribution in [0.4, 0.5) is 0 Å². The van der Waals surface area contributed by atoms with E-state index in [9.17, 15) is 4.79 Å². The minimum atomic E-state index is -0.0609. The number of methoxy groups -OCH3 is 1. The van der Waals surface area contributed by atoms with E-state index >= 15 is 0 Å². The molecule has 1 aliphatic rings. The van der Waals surface area contributed by atoms with E-state index in [1.165, 1.54) is 5.57 Å². The summed E-state index contributed by atoms with van der Waals surface area (Å²) in [5.74, 6) is -0.0145. The van der Waals surface area contributed by atoms with Crippen LogP contribution in [0.15, 0.2) is 11.8 Å². The summed E-state index contributed by atoms with van der Waals surface area (Å²) in [4.78, 5) is 11.5. The molecule has 0 aromatic rings. The summed E-state index contributed by atoms with van der Waals surface area (Å²) in [7, 11) is 1.64. The first-order valence-electron chi connectivity index (χ1n) is 5.15. The third-order valence-corrected chi connectivity index (χ3v) is 2.46. The number of ether oxygens (including phenoxy) is 2. The molecule has 0 N–H and O–H groups in total. The van der Waals surface area contributed by atoms with Gasteiger partial charge in [0.25, 0.3) is 0 Å². The Kier molecular flexibility index (Phi) is 4.50. The lowest BCUT2D eigenvalue weighted by Gasteiger charge is -2.21. The second-order valence-corrected chi connectivity index (χ2v) is 3.56. The molecule has 0 radical (unpaired) electrons. The average Bonchev–Trinajstić information content (AvgIpc) is 2.19. The largest absolute Gasteiger partial charge is 0.504 e. The Balaban J connectivity index is 2.47. The van der Waals surface area contributed by atoms with Crippen LogP contribution in [0.5, 0.6) is 0 Å². The summed E-state index contributed by atoms with van der Waals surface area (Å²) in [5.41, 5.74) is 1.22. The van der Waals surface area contributed by atoms with E-state index in [0.29, 0.717) is 6.61 Å². The van der Waals surface area contributed by atoms with Crippen molar-refractivity contribution in [1.82, 2.24) is 0 Å². The van der Waals surface area contributed by atoms with Crippen LogP contribution >= 0.6 is 0 Å². The quantitative estimate of drug-likeness (QED) is 0.515. The lowest BCUT2D eigenvalue weighted by molar-refractivity contribution is -0.148. The number of hydrogen-bond donors (Lipinski definition) is 0. The molecule has 0 aromatic heterocycles. The van der Waals surface area contributed by atoms with Gasteiger partial charge in [-0.15, -0.1) is 0 Å². The van der Waals surface area contributed by atoms with E-state index in [1.54, 1.807) is 13.4 Å². The van der Waals surface area contributed by atoms with Crippen LogP contribution in [0, 0.1) is 5.92 Å². The summed E-state index contributed by atoms with van der Waals surface area (Å²) < 4.78 is 9.96. The zero-order valence-corrected chi connectivity index (χ0v) is 8.91. The van der Waals surface area contributed by atoms with Crippen molar-refractivity contribution < 1.29 is 14.3 Å². The van der Waals surface area contributed by atoms with Gasteiger partial charge in [0.1, 0.15) is 0 Å². The molecular formula is C11H18O3. The lowest BCUT2D eigenvalue weighted by Crippen LogP contribution is -2.21. The molecule has 0 heterocycles. The molecule has 1 rings (SSSR count). The zero-order valence-electron chi connectivity index (χ0n) is 8.91. The third kappa shape index (κ3) is 3.05. The third-order valence-electron chi connectivity index (χ3n) is 2.46. The van der Waals surface area contributed by atoms with Gasteiger partial charge in [0, 0.05) is 0 Å². The topological polar surface area (TPSA) is 35.5 Å². The maximum atomic E-state index is 11.5. The lowest BCUT2D eigenvalue weighted by atomic mass is 9.86. The standard InChI is InChI=1S/C11H18O3/c1-3-14-11(12)10-6-4-5-9(7-10)8-13-2/h8,10H,3-7H2,1-2H3. The number of hydrogen-bond acceptors (Lipinski definition) is 3. The van der Waals surface area contributed by atoms with Crippen LogP contribution < -0.4 is 0 Å². The van der Waals surface area contributed by atoms with Crippen LogP contribution in [-0.2, 0) is 14.3 Å². The van der Waals surface area contributed by atoms with Gasteiger partial charge in [-0.05, 0) is 38.2 Å². The maximum absolute atomic E-state index is 11.5. The number of esters is 1. The van der Waals surface area contributed by atoms with Gasteiger partial charge in [0.15, 0.2) is 0 Å². The van der Waals surface area contributed by atoms with Crippen molar-refractivity contribution in [2.24, 2.45) is 5.92 Å². The molecule has 0 saturated heterocycles. The molecule has 1 saturated carbocycles. The number of carbonyl (C=O) groups excluding carboxylic acids is 1. The molecule has 0 bridgehead atoms. The first-order chi connectivity index (χ1) is 6.77. The number of rotatable bonds is 3. The highest BCUT2D eigenvalue weighted by molar-refractivity contribution is 5.73. The Labute approximate surface area is 85.1 Å². The Morgan fingerprint density at radius 1 is 1.64 bits per heavy atom. The second-order valence-electron chi connectivity index (χ2n) is 3.56. The van der Waals surface area contributed by atoms with Crippen molar-refractivity contribution in [1.29, 1.82) is 0 Å². The van der Waals surface area contributed by atoms with Gasteiger partial charge < -0.3 is 9.47 Å². The minimum Gasteiger partial charge on any atom is -0.504 e. The van der Waals surface area contributed by atoms with Gasteiger partial charge in [-0.3, -0.25) is 4.79 Å². The SMILES string of the molecule is CCOC(=O)C1CCCC(=COC)C1. The normalized spacial score (nSPS) is 24.7. The van der Waals surface area contributed by atoms with Gasteiger partial charge >= 0.3 is 5.97 Å². The smallest absolute Gasteiger partial charge is 0.309 e. The Hall–Kier alpha value is -0.990. The van der Waals surface area contributed by atoms with E-state index in [0.717, 1.165) is 25.7 Å². The number of allylic oxidation sites excluding steroid dienone is 1. The molecule has 14 heavy (non-hydrogen) atoms. The molecule has 1 fully saturated rings. The highest BCUT2D eigenvalue weighted by Crippen LogP contribution is 2.29. The summed E-state index contributed by atoms with van der Waals surface area (Å²) >= 11 is 0. The van der Waals surface area contributed by atoms with Gasteiger partial charge in [0.05, 0.1) is 25.9 Å². The van der Waals surface area contributed by atoms with Crippen molar-refractivity contribution >= 4 is 5.97 Å². The van der Waals surface area contributed by atoms with Gasteiger partial charge in [-0.2, -0.15) is 0 Å². The predicted molar refractivity (Wildman–Crippen MR) is 53.7 cm³/mol. The van der Waals surface area contributed by atoms with Crippen LogP contribution in [0.1, 0.15) is 32.6 Å². The van der Waals surface area contributed by atoms with Gasteiger partial charge in [-0.1, -0.05) is 0 Å². The highest BCUT2D eigenvalue weighted by Gasteiger charge is 2.24. The fourth-order valence-corrected chi connectivity index (χ4v) is 1.83. The molecule has 3 heteroatoms. The molecule has 0 amide bonds. The zero-order chi connectivity index (χ0) is 10.4. The summed E-state index contributed by atoms with van der Waals surface area (Å²) in [6.45, 7) is 2.31. The fraction of sp³-hybridized carbons (Fsp3) is 0.727. The Morgan fingerprint density at radius 2 is 2.43 bits per heavy atom. The first-order valence-corrected chi connectivity index (χ1v) is 5.15. The molecule has 1 atom stereocenters. The predicted octanol–water partition coefficient (Wildman–Crippen LogP) is 2.27. The first kappa shape index (κ1) is 11.1. The Morgan fingerprint density at radius 3 is 3.07 bits per heavy atom. The molecule has 1 unspecified atom stereocenters. The molecule has 1 aliphatic carbocycles. The van der Waals surface area contributed by atoms with Crippen molar-refractivity contribution in [3.8, 4) is 0 Å². The summed E-state index contributed by atoms with van der Waals surface area (Å²) in [6, 6.07) is 0. The summed E-state index contributed by atoms with van der Waals surface area (Å²) in [5, 5.41) is 0. The van der Waals surface area contributed by atoms with E-state index in [-0.39, 0.29) is 11.9 Å². The molecular weight excluding hydrogens is 180 g/mol. The van der Waals surface area contributed by atoms with Gasteiger partial charge in [0.2, 0.25) is 0 Å². The summed E-state index contributed by atoms with van der Waals surface area (Å²) in [6.07, 6.45) is 5.60. The van der Waals surface area contributed by atoms with Crippen molar-refractivity contribution in [3.05, 3.63) is 11.8 Å². The second kappa shape index (κ2) is 5.68. The average molecular weight is 198 g/mol. The highest BCUT2D eigenvalue weighted by atomic mass is 16.5. The maximum Gasteiger partial charge on any atom is 0.309 e.